The Bertz CT molecular complexity index is 1390. The van der Waals surface area contributed by atoms with E-state index in [-0.39, 0.29) is 17.9 Å². The van der Waals surface area contributed by atoms with Crippen molar-refractivity contribution in [1.82, 2.24) is 9.38 Å². The molecule has 0 unspecified atom stereocenters. The van der Waals surface area contributed by atoms with Crippen molar-refractivity contribution in [2.45, 2.75) is 65.4 Å². The van der Waals surface area contributed by atoms with Gasteiger partial charge >= 0.3 is 5.97 Å². The molecule has 1 atom stereocenters. The number of carbonyl (C=O) groups excluding carboxylic acids is 2. The minimum atomic E-state index is -0.251. The van der Waals surface area contributed by atoms with Crippen molar-refractivity contribution < 1.29 is 19.1 Å². The van der Waals surface area contributed by atoms with Crippen LogP contribution in [0.25, 0.3) is 5.52 Å². The number of aromatic nitrogens is 2. The van der Waals surface area contributed by atoms with Crippen LogP contribution in [0.2, 0.25) is 0 Å². The molecule has 0 saturated heterocycles. The van der Waals surface area contributed by atoms with Gasteiger partial charge in [0.05, 0.1) is 12.6 Å². The minimum absolute atomic E-state index is 0.0470. The van der Waals surface area contributed by atoms with E-state index in [0.717, 1.165) is 41.9 Å². The summed E-state index contributed by atoms with van der Waals surface area (Å²) in [5.41, 5.74) is 4.21. The third-order valence-electron chi connectivity index (χ3n) is 6.79. The molecule has 6 heteroatoms. The standard InChI is InChI=1S/C33H38N2O4/c1-5-9-29(25-15-13-24(14-16-25)22-23(2)3)39-27-19-17-26(18-20-27)33(37)32-28-10-6-7-21-35(28)30(34-32)11-8-12-31(36)38-4/h6-7,10,13-21,23,29H,5,8-9,11-12,22H2,1-4H3/t29-/m0/s1. The number of benzene rings is 2. The Morgan fingerprint density at radius 3 is 2.38 bits per heavy atom. The van der Waals surface area contributed by atoms with Crippen LogP contribution in [-0.4, -0.2) is 28.2 Å². The molecule has 2 heterocycles. The van der Waals surface area contributed by atoms with Gasteiger partial charge < -0.3 is 13.9 Å². The number of pyridine rings is 1. The van der Waals surface area contributed by atoms with E-state index in [1.54, 1.807) is 12.1 Å². The lowest BCUT2D eigenvalue weighted by molar-refractivity contribution is -0.140. The monoisotopic (exact) mass is 526 g/mol. The molecule has 0 bridgehead atoms. The fraction of sp³-hybridized carbons (Fsp3) is 0.364. The summed E-state index contributed by atoms with van der Waals surface area (Å²) in [7, 11) is 1.38. The molecule has 0 aliphatic heterocycles. The molecule has 204 valence electrons. The highest BCUT2D eigenvalue weighted by Gasteiger charge is 2.20. The zero-order chi connectivity index (χ0) is 27.8. The van der Waals surface area contributed by atoms with Crippen LogP contribution in [-0.2, 0) is 22.4 Å². The third-order valence-corrected chi connectivity index (χ3v) is 6.79. The Hall–Kier alpha value is -3.93. The van der Waals surface area contributed by atoms with Crippen molar-refractivity contribution in [3.05, 3.63) is 101 Å². The molecule has 4 rings (SSSR count). The highest BCUT2D eigenvalue weighted by Crippen LogP contribution is 2.28. The topological polar surface area (TPSA) is 69.9 Å². The summed E-state index contributed by atoms with van der Waals surface area (Å²) >= 11 is 0. The molecule has 0 spiro atoms. The van der Waals surface area contributed by atoms with E-state index in [0.29, 0.717) is 36.4 Å². The van der Waals surface area contributed by atoms with Crippen LogP contribution in [0.3, 0.4) is 0 Å². The summed E-state index contributed by atoms with van der Waals surface area (Å²) in [6.07, 6.45) is 6.30. The predicted octanol–water partition coefficient (Wildman–Crippen LogP) is 7.18. The van der Waals surface area contributed by atoms with Gasteiger partial charge in [-0.3, -0.25) is 9.59 Å². The number of hydrogen-bond donors (Lipinski definition) is 0. The molecule has 0 aliphatic carbocycles. The highest BCUT2D eigenvalue weighted by molar-refractivity contribution is 6.11. The quantitative estimate of drug-likeness (QED) is 0.136. The Morgan fingerprint density at radius 1 is 0.974 bits per heavy atom. The molecule has 0 fully saturated rings. The lowest BCUT2D eigenvalue weighted by Gasteiger charge is -2.20. The summed E-state index contributed by atoms with van der Waals surface area (Å²) < 4.78 is 13.0. The molecule has 0 radical (unpaired) electrons. The van der Waals surface area contributed by atoms with Crippen LogP contribution in [0.1, 0.15) is 85.6 Å². The van der Waals surface area contributed by atoms with E-state index in [1.165, 1.54) is 12.7 Å². The molecule has 2 aromatic heterocycles. The number of hydrogen-bond acceptors (Lipinski definition) is 5. The second kappa shape index (κ2) is 13.2. The van der Waals surface area contributed by atoms with Crippen LogP contribution in [0.15, 0.2) is 72.9 Å². The van der Waals surface area contributed by atoms with Crippen LogP contribution in [0, 0.1) is 5.92 Å². The minimum Gasteiger partial charge on any atom is -0.486 e. The first-order valence-electron chi connectivity index (χ1n) is 13.8. The Morgan fingerprint density at radius 2 is 1.72 bits per heavy atom. The SMILES string of the molecule is CCC[C@H](Oc1ccc(C(=O)c2nc(CCCC(=O)OC)n3ccccc23)cc1)c1ccc(CC(C)C)cc1. The zero-order valence-corrected chi connectivity index (χ0v) is 23.4. The number of carbonyl (C=O) groups is 2. The Labute approximate surface area is 231 Å². The van der Waals surface area contributed by atoms with Gasteiger partial charge in [0.1, 0.15) is 23.4 Å². The number of ether oxygens (including phenoxy) is 2. The van der Waals surface area contributed by atoms with Gasteiger partial charge in [0.2, 0.25) is 5.78 Å². The molecular weight excluding hydrogens is 488 g/mol. The molecular formula is C33H38N2O4. The maximum Gasteiger partial charge on any atom is 0.305 e. The summed E-state index contributed by atoms with van der Waals surface area (Å²) in [6.45, 7) is 6.62. The van der Waals surface area contributed by atoms with Crippen LogP contribution < -0.4 is 4.74 Å². The summed E-state index contributed by atoms with van der Waals surface area (Å²) in [5, 5.41) is 0. The molecule has 0 amide bonds. The van der Waals surface area contributed by atoms with Gasteiger partial charge in [-0.2, -0.15) is 0 Å². The van der Waals surface area contributed by atoms with Crippen molar-refractivity contribution >= 4 is 17.3 Å². The summed E-state index contributed by atoms with van der Waals surface area (Å²) in [6, 6.07) is 21.8. The van der Waals surface area contributed by atoms with Crippen molar-refractivity contribution in [1.29, 1.82) is 0 Å². The first-order valence-corrected chi connectivity index (χ1v) is 13.8. The lowest BCUT2D eigenvalue weighted by atomic mass is 9.99. The van der Waals surface area contributed by atoms with E-state index < -0.39 is 0 Å². The summed E-state index contributed by atoms with van der Waals surface area (Å²) in [5.74, 6) is 1.71. The smallest absolute Gasteiger partial charge is 0.305 e. The number of methoxy groups -OCH3 is 1. The van der Waals surface area contributed by atoms with Gasteiger partial charge in [0.15, 0.2) is 0 Å². The molecule has 0 N–H and O–H groups in total. The maximum atomic E-state index is 13.5. The van der Waals surface area contributed by atoms with E-state index in [1.807, 2.05) is 40.9 Å². The van der Waals surface area contributed by atoms with Crippen LogP contribution in [0.5, 0.6) is 5.75 Å². The number of rotatable bonds is 13. The molecule has 4 aromatic rings. The summed E-state index contributed by atoms with van der Waals surface area (Å²) in [4.78, 5) is 29.7. The molecule has 0 aliphatic rings. The van der Waals surface area contributed by atoms with Gasteiger partial charge in [-0.1, -0.05) is 57.5 Å². The van der Waals surface area contributed by atoms with Gasteiger partial charge in [-0.25, -0.2) is 4.98 Å². The van der Waals surface area contributed by atoms with Crippen molar-refractivity contribution in [2.75, 3.05) is 7.11 Å². The number of imidazole rings is 1. The number of aryl methyl sites for hydroxylation is 1. The van der Waals surface area contributed by atoms with Gasteiger partial charge in [-0.05, 0) is 72.7 Å². The van der Waals surface area contributed by atoms with Gasteiger partial charge in [0.25, 0.3) is 0 Å². The van der Waals surface area contributed by atoms with Crippen molar-refractivity contribution in [2.24, 2.45) is 5.92 Å². The van der Waals surface area contributed by atoms with Crippen molar-refractivity contribution in [3.8, 4) is 5.75 Å². The number of esters is 1. The van der Waals surface area contributed by atoms with Crippen molar-refractivity contribution in [3.63, 3.8) is 0 Å². The lowest BCUT2D eigenvalue weighted by Crippen LogP contribution is -2.08. The maximum absolute atomic E-state index is 13.5. The molecule has 0 saturated carbocycles. The Kier molecular flexibility index (Phi) is 9.53. The molecule has 2 aromatic carbocycles. The Balaban J connectivity index is 1.49. The van der Waals surface area contributed by atoms with Crippen LogP contribution >= 0.6 is 0 Å². The fourth-order valence-corrected chi connectivity index (χ4v) is 4.82. The van der Waals surface area contributed by atoms with Gasteiger partial charge in [0, 0.05) is 24.6 Å². The molecule has 6 nitrogen and oxygen atoms in total. The van der Waals surface area contributed by atoms with E-state index in [4.69, 9.17) is 9.47 Å². The van der Waals surface area contributed by atoms with E-state index >= 15 is 0 Å². The molecule has 39 heavy (non-hydrogen) atoms. The fourth-order valence-electron chi connectivity index (χ4n) is 4.82. The zero-order valence-electron chi connectivity index (χ0n) is 23.4. The van der Waals surface area contributed by atoms with E-state index in [9.17, 15) is 9.59 Å². The number of ketones is 1. The largest absolute Gasteiger partial charge is 0.486 e. The highest BCUT2D eigenvalue weighted by atomic mass is 16.5. The second-order valence-electron chi connectivity index (χ2n) is 10.4. The first kappa shape index (κ1) is 28.1. The second-order valence-corrected chi connectivity index (χ2v) is 10.4. The normalized spacial score (nSPS) is 12.0. The average molecular weight is 527 g/mol. The first-order chi connectivity index (χ1) is 18.9. The average Bonchev–Trinajstić information content (AvgIpc) is 3.31. The van der Waals surface area contributed by atoms with E-state index in [2.05, 4.69) is 50.0 Å². The predicted molar refractivity (Wildman–Crippen MR) is 153 cm³/mol. The third kappa shape index (κ3) is 7.14. The number of nitrogens with zero attached hydrogens (tertiary/aromatic N) is 2. The van der Waals surface area contributed by atoms with Gasteiger partial charge in [-0.15, -0.1) is 0 Å². The van der Waals surface area contributed by atoms with Crippen LogP contribution in [0.4, 0.5) is 0 Å². The number of fused-ring (bicyclic) bond motifs is 1.